The first-order valence-electron chi connectivity index (χ1n) is 11.3. The molecule has 1 saturated carbocycles. The van der Waals surface area contributed by atoms with Gasteiger partial charge in [-0.2, -0.15) is 0 Å². The number of amides is 1. The summed E-state index contributed by atoms with van der Waals surface area (Å²) in [7, 11) is 0. The van der Waals surface area contributed by atoms with Crippen LogP contribution in [0.2, 0.25) is 5.02 Å². The number of nitrogens with one attached hydrogen (secondary N) is 1. The van der Waals surface area contributed by atoms with Crippen molar-refractivity contribution in [3.63, 3.8) is 0 Å². The minimum Gasteiger partial charge on any atom is -0.360 e. The number of nitrogens with zero attached hydrogens (tertiary/aromatic N) is 3. The minimum atomic E-state index is -0.129. The molecule has 0 bridgehead atoms. The summed E-state index contributed by atoms with van der Waals surface area (Å²) in [5.41, 5.74) is 1.94. The maximum Gasteiger partial charge on any atom is 0.264 e. The molecule has 2 unspecified atom stereocenters. The second-order valence-corrected chi connectivity index (χ2v) is 10.3. The van der Waals surface area contributed by atoms with Gasteiger partial charge in [-0.1, -0.05) is 22.8 Å². The van der Waals surface area contributed by atoms with Gasteiger partial charge < -0.3 is 14.4 Å². The molecule has 1 aliphatic rings. The van der Waals surface area contributed by atoms with Crippen LogP contribution in [0.5, 0.6) is 0 Å². The highest BCUT2D eigenvalue weighted by atomic mass is 35.5. The van der Waals surface area contributed by atoms with Gasteiger partial charge in [-0.05, 0) is 62.9 Å². The Morgan fingerprint density at radius 1 is 1.24 bits per heavy atom. The lowest BCUT2D eigenvalue weighted by Crippen LogP contribution is -2.40. The van der Waals surface area contributed by atoms with Gasteiger partial charge in [0, 0.05) is 23.7 Å². The predicted octanol–water partition coefficient (Wildman–Crippen LogP) is 5.63. The molecular formula is C25H21ClN4O3S. The fourth-order valence-electron chi connectivity index (χ4n) is 5.10. The highest BCUT2D eigenvalue weighted by Crippen LogP contribution is 2.35. The van der Waals surface area contributed by atoms with Crippen LogP contribution >= 0.6 is 22.9 Å². The SMILES string of the molecule is Cc1onc2c1c(=O)n(C1CCCC(NC(=O)c3cc4ncccc4s3)C1)c1cccc(Cl)c21. The van der Waals surface area contributed by atoms with E-state index >= 15 is 0 Å². The van der Waals surface area contributed by atoms with Crippen molar-refractivity contribution in [2.45, 2.75) is 44.7 Å². The zero-order chi connectivity index (χ0) is 23.4. The lowest BCUT2D eigenvalue weighted by Gasteiger charge is -2.32. The summed E-state index contributed by atoms with van der Waals surface area (Å²) in [6.45, 7) is 1.74. The minimum absolute atomic E-state index is 0.0372. The van der Waals surface area contributed by atoms with Gasteiger partial charge in [0.15, 0.2) is 0 Å². The molecule has 0 radical (unpaired) electrons. The Labute approximate surface area is 203 Å². The average molecular weight is 493 g/mol. The van der Waals surface area contributed by atoms with Gasteiger partial charge >= 0.3 is 0 Å². The smallest absolute Gasteiger partial charge is 0.264 e. The molecule has 1 N–H and O–H groups in total. The summed E-state index contributed by atoms with van der Waals surface area (Å²) in [4.78, 5) is 31.6. The molecule has 172 valence electrons. The van der Waals surface area contributed by atoms with Crippen LogP contribution in [0.25, 0.3) is 32.0 Å². The standard InChI is InChI=1S/C25H21ClN4O3S/c1-13-21-23(29-33-13)22-16(26)7-3-8-18(22)30(25(21)32)15-6-2-5-14(11-15)28-24(31)20-12-17-19(34-20)9-4-10-27-17/h3-4,7-10,12,14-15H,2,5-6,11H2,1H3,(H,28,31). The number of rotatable bonds is 3. The second-order valence-electron chi connectivity index (χ2n) is 8.76. The van der Waals surface area contributed by atoms with Crippen molar-refractivity contribution in [1.82, 2.24) is 20.0 Å². The topological polar surface area (TPSA) is 90.0 Å². The number of hydrogen-bond acceptors (Lipinski definition) is 6. The average Bonchev–Trinajstić information content (AvgIpc) is 3.43. The Bertz CT molecular complexity index is 1600. The van der Waals surface area contributed by atoms with Gasteiger partial charge in [-0.15, -0.1) is 11.3 Å². The molecule has 1 aliphatic carbocycles. The number of benzene rings is 1. The molecule has 4 aromatic heterocycles. The predicted molar refractivity (Wildman–Crippen MR) is 134 cm³/mol. The van der Waals surface area contributed by atoms with Crippen molar-refractivity contribution in [1.29, 1.82) is 0 Å². The van der Waals surface area contributed by atoms with Crippen LogP contribution in [0.3, 0.4) is 0 Å². The van der Waals surface area contributed by atoms with E-state index in [2.05, 4.69) is 15.5 Å². The highest BCUT2D eigenvalue weighted by molar-refractivity contribution is 7.20. The van der Waals surface area contributed by atoms with Crippen molar-refractivity contribution >= 4 is 60.9 Å². The summed E-state index contributed by atoms with van der Waals surface area (Å²) >= 11 is 7.99. The number of hydrogen-bond donors (Lipinski definition) is 1. The molecule has 0 spiro atoms. The first-order chi connectivity index (χ1) is 16.5. The van der Waals surface area contributed by atoms with Crippen molar-refractivity contribution in [3.05, 3.63) is 68.6 Å². The van der Waals surface area contributed by atoms with E-state index in [0.29, 0.717) is 33.0 Å². The number of carbonyl (C=O) groups is 1. The molecule has 1 fully saturated rings. The molecule has 0 saturated heterocycles. The Morgan fingerprint density at radius 2 is 2.12 bits per heavy atom. The third-order valence-corrected chi connectivity index (χ3v) is 8.04. The van der Waals surface area contributed by atoms with Gasteiger partial charge in [-0.3, -0.25) is 14.6 Å². The Balaban J connectivity index is 1.35. The number of halogens is 1. The maximum atomic E-state index is 13.6. The van der Waals surface area contributed by atoms with Crippen LogP contribution in [-0.4, -0.2) is 26.7 Å². The van der Waals surface area contributed by atoms with E-state index in [0.717, 1.165) is 40.4 Å². The number of carbonyl (C=O) groups excluding carboxylic acids is 1. The van der Waals surface area contributed by atoms with Crippen LogP contribution in [0, 0.1) is 6.92 Å². The summed E-state index contributed by atoms with van der Waals surface area (Å²) in [6.07, 6.45) is 5.00. The third kappa shape index (κ3) is 3.40. The van der Waals surface area contributed by atoms with E-state index in [-0.39, 0.29) is 23.6 Å². The van der Waals surface area contributed by atoms with Crippen LogP contribution in [0.4, 0.5) is 0 Å². The van der Waals surface area contributed by atoms with E-state index in [4.69, 9.17) is 16.1 Å². The molecule has 6 rings (SSSR count). The number of aromatic nitrogens is 3. The molecule has 1 amide bonds. The molecule has 9 heteroatoms. The van der Waals surface area contributed by atoms with Crippen LogP contribution in [-0.2, 0) is 0 Å². The van der Waals surface area contributed by atoms with Gasteiger partial charge in [0.25, 0.3) is 11.5 Å². The van der Waals surface area contributed by atoms with Crippen molar-refractivity contribution in [2.24, 2.45) is 0 Å². The van der Waals surface area contributed by atoms with Crippen molar-refractivity contribution in [2.75, 3.05) is 0 Å². The van der Waals surface area contributed by atoms with Gasteiger partial charge in [0.05, 0.1) is 25.6 Å². The van der Waals surface area contributed by atoms with E-state index in [1.54, 1.807) is 19.2 Å². The molecule has 34 heavy (non-hydrogen) atoms. The molecule has 7 nitrogen and oxygen atoms in total. The van der Waals surface area contributed by atoms with E-state index in [1.165, 1.54) is 11.3 Å². The largest absolute Gasteiger partial charge is 0.360 e. The Morgan fingerprint density at radius 3 is 2.97 bits per heavy atom. The summed E-state index contributed by atoms with van der Waals surface area (Å²) in [5.74, 6) is 0.383. The first-order valence-corrected chi connectivity index (χ1v) is 12.4. The molecule has 5 aromatic rings. The number of aryl methyl sites for hydroxylation is 1. The summed E-state index contributed by atoms with van der Waals surface area (Å²) in [5, 5.41) is 9.03. The van der Waals surface area contributed by atoms with Gasteiger partial charge in [-0.25, -0.2) is 0 Å². The molecule has 2 atom stereocenters. The van der Waals surface area contributed by atoms with Crippen LogP contribution < -0.4 is 10.9 Å². The highest BCUT2D eigenvalue weighted by Gasteiger charge is 2.29. The maximum absolute atomic E-state index is 13.6. The van der Waals surface area contributed by atoms with E-state index in [9.17, 15) is 9.59 Å². The lowest BCUT2D eigenvalue weighted by atomic mass is 9.90. The Hall–Kier alpha value is -3.23. The number of thiophene rings is 1. The summed E-state index contributed by atoms with van der Waals surface area (Å²) in [6, 6.07) is 11.1. The Kier molecular flexibility index (Phi) is 5.15. The number of fused-ring (bicyclic) bond motifs is 4. The van der Waals surface area contributed by atoms with E-state index in [1.807, 2.05) is 34.9 Å². The lowest BCUT2D eigenvalue weighted by molar-refractivity contribution is 0.0925. The quantitative estimate of drug-likeness (QED) is 0.352. The molecule has 4 heterocycles. The summed E-state index contributed by atoms with van der Waals surface area (Å²) < 4.78 is 8.18. The zero-order valence-electron chi connectivity index (χ0n) is 18.4. The molecular weight excluding hydrogens is 472 g/mol. The first kappa shape index (κ1) is 21.3. The normalized spacial score (nSPS) is 18.6. The molecule has 0 aliphatic heterocycles. The second kappa shape index (κ2) is 8.21. The van der Waals surface area contributed by atoms with Crippen molar-refractivity contribution in [3.8, 4) is 0 Å². The number of pyridine rings is 2. The molecule has 1 aromatic carbocycles. The fraction of sp³-hybridized carbons (Fsp3) is 0.280. The van der Waals surface area contributed by atoms with Crippen LogP contribution in [0.1, 0.15) is 47.2 Å². The van der Waals surface area contributed by atoms with Gasteiger partial charge in [0.1, 0.15) is 16.7 Å². The monoisotopic (exact) mass is 492 g/mol. The third-order valence-electron chi connectivity index (χ3n) is 6.64. The van der Waals surface area contributed by atoms with Crippen molar-refractivity contribution < 1.29 is 9.32 Å². The zero-order valence-corrected chi connectivity index (χ0v) is 19.9. The van der Waals surface area contributed by atoms with Gasteiger partial charge in [0.2, 0.25) is 0 Å². The van der Waals surface area contributed by atoms with E-state index < -0.39 is 0 Å². The van der Waals surface area contributed by atoms with Crippen LogP contribution in [0.15, 0.2) is 51.9 Å². The fourth-order valence-corrected chi connectivity index (χ4v) is 6.28.